The van der Waals surface area contributed by atoms with E-state index in [1.807, 2.05) is 0 Å². The molecule has 0 aliphatic heterocycles. The van der Waals surface area contributed by atoms with Gasteiger partial charge in [0.15, 0.2) is 0 Å². The Morgan fingerprint density at radius 2 is 1.69 bits per heavy atom. The second-order valence-corrected chi connectivity index (χ2v) is 9.36. The van der Waals surface area contributed by atoms with Crippen LogP contribution in [0.3, 0.4) is 0 Å². The lowest BCUT2D eigenvalue weighted by Crippen LogP contribution is -2.42. The monoisotopic (exact) mass is 419 g/mol. The van der Waals surface area contributed by atoms with Crippen LogP contribution in [0.4, 0.5) is 0 Å². The Labute approximate surface area is 180 Å². The number of carbonyl (C=O) groups is 2. The van der Waals surface area contributed by atoms with Gasteiger partial charge in [-0.25, -0.2) is 0 Å². The van der Waals surface area contributed by atoms with Crippen molar-refractivity contribution in [3.63, 3.8) is 0 Å². The first-order valence-electron chi connectivity index (χ1n) is 10.4. The third-order valence-electron chi connectivity index (χ3n) is 5.13. The summed E-state index contributed by atoms with van der Waals surface area (Å²) in [5.41, 5.74) is 3.28. The SMILES string of the molecule is C=C(O)C(CSC/C=C(\C)CC/C=C(\C)CCC=C(C)C)NC(=O)C1(C=O)CC1. The number of aliphatic hydroxyl groups is 1. The van der Waals surface area contributed by atoms with E-state index in [0.717, 1.165) is 37.7 Å². The number of hydrogen-bond donors (Lipinski definition) is 2. The third-order valence-corrected chi connectivity index (χ3v) is 6.10. The van der Waals surface area contributed by atoms with Gasteiger partial charge in [-0.05, 0) is 66.2 Å². The van der Waals surface area contributed by atoms with Crippen LogP contribution in [0.5, 0.6) is 0 Å². The Bertz CT molecular complexity index is 668. The van der Waals surface area contributed by atoms with Gasteiger partial charge < -0.3 is 15.2 Å². The van der Waals surface area contributed by atoms with Crippen LogP contribution < -0.4 is 5.32 Å². The number of nitrogens with one attached hydrogen (secondary N) is 1. The molecule has 1 amide bonds. The first-order valence-corrected chi connectivity index (χ1v) is 11.5. The molecule has 0 aromatic rings. The predicted molar refractivity (Wildman–Crippen MR) is 124 cm³/mol. The molecular weight excluding hydrogens is 382 g/mol. The minimum Gasteiger partial charge on any atom is -0.511 e. The van der Waals surface area contributed by atoms with Crippen LogP contribution in [0, 0.1) is 5.41 Å². The van der Waals surface area contributed by atoms with Gasteiger partial charge in [-0.3, -0.25) is 4.79 Å². The lowest BCUT2D eigenvalue weighted by molar-refractivity contribution is -0.131. The largest absolute Gasteiger partial charge is 0.511 e. The summed E-state index contributed by atoms with van der Waals surface area (Å²) in [6.45, 7) is 12.1. The van der Waals surface area contributed by atoms with Gasteiger partial charge >= 0.3 is 0 Å². The Morgan fingerprint density at radius 3 is 2.21 bits per heavy atom. The van der Waals surface area contributed by atoms with Crippen LogP contribution >= 0.6 is 11.8 Å². The molecule has 0 spiro atoms. The number of hydrogen-bond acceptors (Lipinski definition) is 4. The fraction of sp³-hybridized carbons (Fsp3) is 0.583. The molecule has 0 bridgehead atoms. The van der Waals surface area contributed by atoms with E-state index in [-0.39, 0.29) is 11.7 Å². The molecule has 4 nitrogen and oxygen atoms in total. The molecule has 0 aromatic heterocycles. The summed E-state index contributed by atoms with van der Waals surface area (Å²) in [5.74, 6) is 0.977. The molecule has 2 N–H and O–H groups in total. The summed E-state index contributed by atoms with van der Waals surface area (Å²) >= 11 is 1.63. The lowest BCUT2D eigenvalue weighted by Gasteiger charge is -2.19. The zero-order valence-corrected chi connectivity index (χ0v) is 19.2. The van der Waals surface area contributed by atoms with Crippen LogP contribution in [-0.2, 0) is 9.59 Å². The van der Waals surface area contributed by atoms with E-state index < -0.39 is 11.5 Å². The summed E-state index contributed by atoms with van der Waals surface area (Å²) in [4.78, 5) is 23.2. The molecule has 1 saturated carbocycles. The van der Waals surface area contributed by atoms with E-state index in [2.05, 4.69) is 57.8 Å². The number of rotatable bonds is 14. The quantitative estimate of drug-likeness (QED) is 0.125. The summed E-state index contributed by atoms with van der Waals surface area (Å²) in [7, 11) is 0. The van der Waals surface area contributed by atoms with Crippen molar-refractivity contribution in [3.05, 3.63) is 47.3 Å². The molecule has 1 fully saturated rings. The van der Waals surface area contributed by atoms with Gasteiger partial charge in [0.25, 0.3) is 0 Å². The van der Waals surface area contributed by atoms with Crippen molar-refractivity contribution < 1.29 is 14.7 Å². The molecule has 29 heavy (non-hydrogen) atoms. The Balaban J connectivity index is 2.31. The first-order chi connectivity index (χ1) is 13.7. The fourth-order valence-corrected chi connectivity index (χ4v) is 3.83. The number of amides is 1. The highest BCUT2D eigenvalue weighted by molar-refractivity contribution is 7.99. The Kier molecular flexibility index (Phi) is 11.1. The minimum absolute atomic E-state index is 0.0676. The molecule has 0 radical (unpaired) electrons. The van der Waals surface area contributed by atoms with Crippen molar-refractivity contribution in [2.24, 2.45) is 5.41 Å². The predicted octanol–water partition coefficient (Wildman–Crippen LogP) is 5.67. The molecule has 1 atom stereocenters. The molecule has 1 unspecified atom stereocenters. The Morgan fingerprint density at radius 1 is 1.10 bits per heavy atom. The fourth-order valence-electron chi connectivity index (χ4n) is 2.78. The molecule has 1 aliphatic rings. The van der Waals surface area contributed by atoms with E-state index in [9.17, 15) is 14.7 Å². The molecular formula is C24H37NO3S. The molecule has 1 aliphatic carbocycles. The summed E-state index contributed by atoms with van der Waals surface area (Å²) < 4.78 is 0. The Hall–Kier alpha value is -1.75. The molecule has 0 heterocycles. The zero-order valence-electron chi connectivity index (χ0n) is 18.4. The van der Waals surface area contributed by atoms with E-state index in [1.165, 1.54) is 16.7 Å². The standard InChI is InChI=1S/C24H37NO3S/c1-18(2)8-6-9-19(3)10-7-11-20(4)12-15-29-16-22(21(5)27)25-23(28)24(17-26)13-14-24/h8,10,12,17,22,27H,5-7,9,11,13-16H2,1-4H3,(H,25,28)/b19-10+,20-12+. The number of carbonyl (C=O) groups excluding carboxylic acids is 2. The van der Waals surface area contributed by atoms with E-state index >= 15 is 0 Å². The highest BCUT2D eigenvalue weighted by atomic mass is 32.2. The van der Waals surface area contributed by atoms with Gasteiger partial charge in [-0.15, -0.1) is 0 Å². The lowest BCUT2D eigenvalue weighted by atomic mass is 10.1. The maximum absolute atomic E-state index is 12.2. The van der Waals surface area contributed by atoms with Crippen molar-refractivity contribution in [1.29, 1.82) is 0 Å². The van der Waals surface area contributed by atoms with Gasteiger partial charge in [0.1, 0.15) is 17.5 Å². The number of aliphatic hydroxyl groups excluding tert-OH is 1. The van der Waals surface area contributed by atoms with Gasteiger partial charge in [-0.1, -0.05) is 41.5 Å². The van der Waals surface area contributed by atoms with Crippen LogP contribution in [0.2, 0.25) is 0 Å². The highest BCUT2D eigenvalue weighted by Crippen LogP contribution is 2.43. The van der Waals surface area contributed by atoms with Crippen LogP contribution in [0.1, 0.15) is 66.2 Å². The minimum atomic E-state index is -0.869. The smallest absolute Gasteiger partial charge is 0.234 e. The number of aldehydes is 1. The molecule has 5 heteroatoms. The van der Waals surface area contributed by atoms with Gasteiger partial charge in [0.2, 0.25) is 5.91 Å². The first kappa shape index (κ1) is 25.3. The average molecular weight is 420 g/mol. The van der Waals surface area contributed by atoms with E-state index in [4.69, 9.17) is 0 Å². The zero-order chi connectivity index (χ0) is 21.9. The summed E-state index contributed by atoms with van der Waals surface area (Å²) in [5, 5.41) is 12.5. The highest BCUT2D eigenvalue weighted by Gasteiger charge is 2.50. The number of thioether (sulfide) groups is 1. The molecule has 0 aromatic carbocycles. The average Bonchev–Trinajstić information content (AvgIpc) is 3.45. The number of allylic oxidation sites excluding steroid dienone is 5. The van der Waals surface area contributed by atoms with Crippen molar-refractivity contribution >= 4 is 24.0 Å². The van der Waals surface area contributed by atoms with Gasteiger partial charge in [0, 0.05) is 11.5 Å². The summed E-state index contributed by atoms with van der Waals surface area (Å²) in [6.07, 6.45) is 13.0. The maximum Gasteiger partial charge on any atom is 0.234 e. The van der Waals surface area contributed by atoms with Gasteiger partial charge in [0.05, 0.1) is 6.04 Å². The molecule has 0 saturated heterocycles. The summed E-state index contributed by atoms with van der Waals surface area (Å²) in [6, 6.07) is -0.523. The van der Waals surface area contributed by atoms with Crippen molar-refractivity contribution in [3.8, 4) is 0 Å². The van der Waals surface area contributed by atoms with Gasteiger partial charge in [-0.2, -0.15) is 11.8 Å². The van der Waals surface area contributed by atoms with Crippen molar-refractivity contribution in [1.82, 2.24) is 5.32 Å². The normalized spacial score (nSPS) is 16.7. The molecule has 162 valence electrons. The maximum atomic E-state index is 12.2. The van der Waals surface area contributed by atoms with Crippen LogP contribution in [0.25, 0.3) is 0 Å². The van der Waals surface area contributed by atoms with E-state index in [1.54, 1.807) is 11.8 Å². The van der Waals surface area contributed by atoms with Crippen LogP contribution in [0.15, 0.2) is 47.3 Å². The van der Waals surface area contributed by atoms with Crippen molar-refractivity contribution in [2.45, 2.75) is 72.3 Å². The molecule has 1 rings (SSSR count). The van der Waals surface area contributed by atoms with E-state index in [0.29, 0.717) is 18.6 Å². The van der Waals surface area contributed by atoms with Crippen molar-refractivity contribution in [2.75, 3.05) is 11.5 Å². The topological polar surface area (TPSA) is 66.4 Å². The van der Waals surface area contributed by atoms with Crippen LogP contribution in [-0.4, -0.2) is 34.8 Å². The second kappa shape index (κ2) is 12.7. The second-order valence-electron chi connectivity index (χ2n) is 8.29. The third kappa shape index (κ3) is 10.0.